The zero-order valence-corrected chi connectivity index (χ0v) is 13.7. The highest BCUT2D eigenvalue weighted by atomic mass is 16.6. The fraction of sp³-hybridized carbons (Fsp3) is 0.0588. The molecule has 1 heterocycles. The first-order valence-electron chi connectivity index (χ1n) is 7.72. The van der Waals surface area contributed by atoms with E-state index in [0.717, 1.165) is 0 Å². The Morgan fingerprint density at radius 3 is 2.30 bits per heavy atom. The molecule has 3 N–H and O–H groups in total. The van der Waals surface area contributed by atoms with E-state index in [0.29, 0.717) is 22.5 Å². The number of hydrogen-bond donors (Lipinski definition) is 3. The average Bonchev–Trinajstić information content (AvgIpc) is 3.01. The maximum atomic E-state index is 12.0. The second-order valence-electron chi connectivity index (χ2n) is 5.54. The second kappa shape index (κ2) is 7.44. The fourth-order valence-corrected chi connectivity index (χ4v) is 2.37. The van der Waals surface area contributed by atoms with Crippen LogP contribution in [0.1, 0.15) is 5.56 Å². The zero-order chi connectivity index (χ0) is 19.4. The zero-order valence-electron chi connectivity index (χ0n) is 13.7. The smallest absolute Gasteiger partial charge is 0.307 e. The number of benzene rings is 2. The molecule has 0 spiro atoms. The molecule has 10 heteroatoms. The van der Waals surface area contributed by atoms with Gasteiger partial charge in [0.25, 0.3) is 11.2 Å². The molecule has 0 aliphatic heterocycles. The summed E-state index contributed by atoms with van der Waals surface area (Å²) in [5.41, 5.74) is 1.41. The minimum atomic E-state index is -0.934. The van der Waals surface area contributed by atoms with Crippen molar-refractivity contribution in [3.8, 4) is 11.3 Å². The number of azo groups is 1. The Morgan fingerprint density at radius 2 is 1.70 bits per heavy atom. The number of aromatic nitrogens is 2. The van der Waals surface area contributed by atoms with Crippen LogP contribution in [0, 0.1) is 10.1 Å². The number of carbonyl (C=O) groups is 1. The first kappa shape index (κ1) is 17.7. The van der Waals surface area contributed by atoms with Crippen LogP contribution >= 0.6 is 0 Å². The first-order valence-corrected chi connectivity index (χ1v) is 7.72. The number of carboxylic acid groups (broad SMARTS) is 1. The van der Waals surface area contributed by atoms with Crippen molar-refractivity contribution in [3.63, 3.8) is 0 Å². The number of rotatable bonds is 6. The Kier molecular flexibility index (Phi) is 4.88. The minimum absolute atomic E-state index is 0.0264. The van der Waals surface area contributed by atoms with Gasteiger partial charge in [0.2, 0.25) is 0 Å². The molecular weight excluding hydrogens is 354 g/mol. The molecule has 3 rings (SSSR count). The lowest BCUT2D eigenvalue weighted by Crippen LogP contribution is -1.99. The number of H-pyrrole nitrogens is 2. The molecule has 0 unspecified atom stereocenters. The molecule has 0 radical (unpaired) electrons. The average molecular weight is 367 g/mol. The van der Waals surface area contributed by atoms with Crippen LogP contribution in [0.25, 0.3) is 11.3 Å². The Bertz CT molecular complexity index is 1060. The van der Waals surface area contributed by atoms with Crippen molar-refractivity contribution in [1.29, 1.82) is 0 Å². The Balaban J connectivity index is 1.86. The van der Waals surface area contributed by atoms with E-state index in [9.17, 15) is 19.7 Å². The molecule has 3 aromatic rings. The van der Waals surface area contributed by atoms with Crippen LogP contribution in [0.4, 0.5) is 17.1 Å². The molecule has 136 valence electrons. The van der Waals surface area contributed by atoms with Crippen molar-refractivity contribution >= 4 is 23.0 Å². The van der Waals surface area contributed by atoms with Gasteiger partial charge in [0, 0.05) is 17.7 Å². The molecule has 0 saturated carbocycles. The monoisotopic (exact) mass is 367 g/mol. The molecule has 0 aliphatic carbocycles. The van der Waals surface area contributed by atoms with Crippen molar-refractivity contribution in [3.05, 3.63) is 74.6 Å². The van der Waals surface area contributed by atoms with Crippen LogP contribution in [0.3, 0.4) is 0 Å². The lowest BCUT2D eigenvalue weighted by Gasteiger charge is -1.99. The molecule has 10 nitrogen and oxygen atoms in total. The summed E-state index contributed by atoms with van der Waals surface area (Å²) in [6.07, 6.45) is -0.0980. The number of carboxylic acids is 1. The number of nitrogens with zero attached hydrogens (tertiary/aromatic N) is 3. The molecule has 0 aliphatic rings. The van der Waals surface area contributed by atoms with Gasteiger partial charge < -0.3 is 5.11 Å². The fourth-order valence-electron chi connectivity index (χ4n) is 2.37. The summed E-state index contributed by atoms with van der Waals surface area (Å²) in [4.78, 5) is 32.9. The van der Waals surface area contributed by atoms with Crippen LogP contribution in [0.2, 0.25) is 0 Å². The van der Waals surface area contributed by atoms with E-state index in [1.807, 2.05) is 0 Å². The van der Waals surface area contributed by atoms with Gasteiger partial charge in [0.05, 0.1) is 22.7 Å². The van der Waals surface area contributed by atoms with Gasteiger partial charge in [0.1, 0.15) is 0 Å². The SMILES string of the molecule is O=C(O)Cc1ccc(N=Nc2c(-c3ccc([N+](=O)[O-])cc3)[nH][nH]c2=O)cc1. The van der Waals surface area contributed by atoms with Gasteiger partial charge in [0.15, 0.2) is 5.69 Å². The van der Waals surface area contributed by atoms with E-state index in [-0.39, 0.29) is 17.8 Å². The van der Waals surface area contributed by atoms with Gasteiger partial charge >= 0.3 is 5.97 Å². The van der Waals surface area contributed by atoms with Gasteiger partial charge in [-0.2, -0.15) is 5.11 Å². The van der Waals surface area contributed by atoms with Crippen LogP contribution in [0.15, 0.2) is 63.6 Å². The van der Waals surface area contributed by atoms with Crippen molar-refractivity contribution in [2.45, 2.75) is 6.42 Å². The largest absolute Gasteiger partial charge is 0.481 e. The summed E-state index contributed by atoms with van der Waals surface area (Å²) < 4.78 is 0. The third-order valence-corrected chi connectivity index (χ3v) is 3.68. The highest BCUT2D eigenvalue weighted by Gasteiger charge is 2.13. The van der Waals surface area contributed by atoms with Crippen molar-refractivity contribution in [2.24, 2.45) is 10.2 Å². The number of aromatic amines is 2. The highest BCUT2D eigenvalue weighted by Crippen LogP contribution is 2.28. The number of nitro groups is 1. The number of nitrogens with one attached hydrogen (secondary N) is 2. The van der Waals surface area contributed by atoms with Crippen LogP contribution in [-0.4, -0.2) is 26.2 Å². The van der Waals surface area contributed by atoms with Gasteiger partial charge in [-0.25, -0.2) is 0 Å². The van der Waals surface area contributed by atoms with E-state index < -0.39 is 16.5 Å². The second-order valence-corrected chi connectivity index (χ2v) is 5.54. The summed E-state index contributed by atoms with van der Waals surface area (Å²) in [6, 6.07) is 12.0. The quantitative estimate of drug-likeness (QED) is 0.346. The molecule has 0 saturated heterocycles. The summed E-state index contributed by atoms with van der Waals surface area (Å²) >= 11 is 0. The third kappa shape index (κ3) is 4.12. The van der Waals surface area contributed by atoms with E-state index in [4.69, 9.17) is 5.11 Å². The predicted molar refractivity (Wildman–Crippen MR) is 95.5 cm³/mol. The van der Waals surface area contributed by atoms with Crippen molar-refractivity contribution in [1.82, 2.24) is 10.2 Å². The predicted octanol–water partition coefficient (Wildman–Crippen LogP) is 3.32. The molecule has 0 bridgehead atoms. The summed E-state index contributed by atoms with van der Waals surface area (Å²) in [6.45, 7) is 0. The van der Waals surface area contributed by atoms with Gasteiger partial charge in [-0.3, -0.25) is 29.9 Å². The topological polar surface area (TPSA) is 154 Å². The Morgan fingerprint density at radius 1 is 1.04 bits per heavy atom. The number of hydrogen-bond acceptors (Lipinski definition) is 6. The lowest BCUT2D eigenvalue weighted by molar-refractivity contribution is -0.384. The highest BCUT2D eigenvalue weighted by molar-refractivity contribution is 5.72. The molecule has 0 amide bonds. The minimum Gasteiger partial charge on any atom is -0.481 e. The Labute approximate surface area is 151 Å². The van der Waals surface area contributed by atoms with Gasteiger partial charge in [-0.15, -0.1) is 5.11 Å². The standard InChI is InChI=1S/C17H13N5O5/c23-14(24)9-10-1-5-12(6-2-10)18-20-16-15(19-21-17(16)25)11-3-7-13(8-4-11)22(26)27/h1-8H,9H2,(H,23,24)(H2,19,21,25). The summed E-state index contributed by atoms with van der Waals surface area (Å²) in [7, 11) is 0. The van der Waals surface area contributed by atoms with E-state index in [2.05, 4.69) is 20.4 Å². The van der Waals surface area contributed by atoms with Crippen LogP contribution < -0.4 is 5.56 Å². The maximum absolute atomic E-state index is 12.0. The van der Waals surface area contributed by atoms with Crippen LogP contribution in [0.5, 0.6) is 0 Å². The summed E-state index contributed by atoms with van der Waals surface area (Å²) in [5.74, 6) is -0.934. The van der Waals surface area contributed by atoms with Gasteiger partial charge in [-0.1, -0.05) is 12.1 Å². The van der Waals surface area contributed by atoms with E-state index in [1.165, 1.54) is 24.3 Å². The number of nitro benzene ring substituents is 1. The summed E-state index contributed by atoms with van der Waals surface area (Å²) in [5, 5.41) is 32.5. The van der Waals surface area contributed by atoms with Crippen molar-refractivity contribution in [2.75, 3.05) is 0 Å². The molecule has 27 heavy (non-hydrogen) atoms. The third-order valence-electron chi connectivity index (χ3n) is 3.68. The lowest BCUT2D eigenvalue weighted by atomic mass is 10.1. The first-order chi connectivity index (χ1) is 12.9. The number of aliphatic carboxylic acids is 1. The molecule has 0 atom stereocenters. The molecule has 2 aromatic carbocycles. The molecule has 1 aromatic heterocycles. The molecular formula is C17H13N5O5. The van der Waals surface area contributed by atoms with E-state index >= 15 is 0 Å². The van der Waals surface area contributed by atoms with Crippen molar-refractivity contribution < 1.29 is 14.8 Å². The normalized spacial score (nSPS) is 11.0. The van der Waals surface area contributed by atoms with Crippen LogP contribution in [-0.2, 0) is 11.2 Å². The Hall–Kier alpha value is -4.08. The molecule has 0 fully saturated rings. The maximum Gasteiger partial charge on any atom is 0.307 e. The number of non-ortho nitro benzene ring substituents is 1. The van der Waals surface area contributed by atoms with E-state index in [1.54, 1.807) is 24.3 Å². The van der Waals surface area contributed by atoms with Gasteiger partial charge in [-0.05, 0) is 29.8 Å².